The Morgan fingerprint density at radius 2 is 1.79 bits per heavy atom. The lowest BCUT2D eigenvalue weighted by molar-refractivity contribution is -0.137. The van der Waals surface area contributed by atoms with Gasteiger partial charge in [0.05, 0.1) is 22.5 Å². The average Bonchev–Trinajstić information content (AvgIpc) is 3.31. The van der Waals surface area contributed by atoms with Gasteiger partial charge in [0, 0.05) is 5.39 Å². The highest BCUT2D eigenvalue weighted by atomic mass is 32.1. The Morgan fingerprint density at radius 3 is 2.46 bits per heavy atom. The van der Waals surface area contributed by atoms with Crippen LogP contribution in [0.5, 0.6) is 0 Å². The molecule has 142 valence electrons. The molecule has 0 bridgehead atoms. The Morgan fingerprint density at radius 1 is 1.04 bits per heavy atom. The lowest BCUT2D eigenvalue weighted by atomic mass is 10.1. The van der Waals surface area contributed by atoms with Gasteiger partial charge >= 0.3 is 6.18 Å². The molecule has 0 fully saturated rings. The largest absolute Gasteiger partial charge is 0.416 e. The van der Waals surface area contributed by atoms with E-state index in [-0.39, 0.29) is 12.5 Å². The number of anilines is 1. The van der Waals surface area contributed by atoms with Crippen LogP contribution in [0.25, 0.3) is 10.9 Å². The number of fused-ring (bicyclic) bond motifs is 1. The predicted octanol–water partition coefficient (Wildman–Crippen LogP) is 5.42. The van der Waals surface area contributed by atoms with Crippen molar-refractivity contribution in [1.82, 2.24) is 9.78 Å². The molecule has 1 amide bonds. The van der Waals surface area contributed by atoms with Crippen LogP contribution in [-0.4, -0.2) is 15.7 Å². The molecule has 4 aromatic rings. The molecular weight excluding hydrogens is 387 g/mol. The first kappa shape index (κ1) is 18.2. The second-order valence-corrected chi connectivity index (χ2v) is 7.10. The Hall–Kier alpha value is -3.13. The number of halogens is 3. The van der Waals surface area contributed by atoms with Crippen molar-refractivity contribution in [3.8, 4) is 0 Å². The van der Waals surface area contributed by atoms with Crippen LogP contribution in [0.3, 0.4) is 0 Å². The van der Waals surface area contributed by atoms with Crippen LogP contribution < -0.4 is 5.32 Å². The van der Waals surface area contributed by atoms with Gasteiger partial charge in [-0.15, -0.1) is 11.3 Å². The summed E-state index contributed by atoms with van der Waals surface area (Å²) in [6.07, 6.45) is -4.36. The first-order chi connectivity index (χ1) is 13.4. The third kappa shape index (κ3) is 3.63. The Balaban J connectivity index is 1.63. The molecule has 0 spiro atoms. The molecule has 4 nitrogen and oxygen atoms in total. The fourth-order valence-electron chi connectivity index (χ4n) is 2.89. The number of benzene rings is 2. The average molecular weight is 401 g/mol. The molecule has 0 unspecified atom stereocenters. The SMILES string of the molecule is O=C(Nc1nn(Cc2ccc(C(F)(F)F)cc2)c2ccccc12)c1cccs1. The molecule has 0 saturated carbocycles. The van der Waals surface area contributed by atoms with E-state index in [1.54, 1.807) is 16.8 Å². The number of aromatic nitrogens is 2. The second-order valence-electron chi connectivity index (χ2n) is 6.15. The summed E-state index contributed by atoms with van der Waals surface area (Å²) in [5.74, 6) is 0.167. The minimum absolute atomic E-state index is 0.250. The molecule has 1 N–H and O–H groups in total. The van der Waals surface area contributed by atoms with Crippen LogP contribution in [0.4, 0.5) is 19.0 Å². The lowest BCUT2D eigenvalue weighted by Crippen LogP contribution is -2.11. The van der Waals surface area contributed by atoms with Crippen LogP contribution in [-0.2, 0) is 12.7 Å². The van der Waals surface area contributed by atoms with Gasteiger partial charge in [0.1, 0.15) is 0 Å². The maximum atomic E-state index is 12.7. The quantitative estimate of drug-likeness (QED) is 0.497. The van der Waals surface area contributed by atoms with Crippen LogP contribution in [0.15, 0.2) is 66.0 Å². The molecule has 4 rings (SSSR count). The monoisotopic (exact) mass is 401 g/mol. The summed E-state index contributed by atoms with van der Waals surface area (Å²) in [5, 5.41) is 9.87. The minimum Gasteiger partial charge on any atom is -0.304 e. The number of rotatable bonds is 4. The van der Waals surface area contributed by atoms with E-state index in [9.17, 15) is 18.0 Å². The van der Waals surface area contributed by atoms with Crippen molar-refractivity contribution in [3.05, 3.63) is 82.0 Å². The molecular formula is C20H14F3N3OS. The van der Waals surface area contributed by atoms with Gasteiger partial charge < -0.3 is 5.32 Å². The van der Waals surface area contributed by atoms with Crippen LogP contribution in [0.1, 0.15) is 20.8 Å². The summed E-state index contributed by atoms with van der Waals surface area (Å²) in [6.45, 7) is 0.285. The zero-order valence-corrected chi connectivity index (χ0v) is 15.2. The maximum absolute atomic E-state index is 12.7. The number of alkyl halides is 3. The van der Waals surface area contributed by atoms with E-state index in [2.05, 4.69) is 10.4 Å². The zero-order chi connectivity index (χ0) is 19.7. The standard InChI is InChI=1S/C20H14F3N3OS/c21-20(22,23)14-9-7-13(8-10-14)12-26-16-5-2-1-4-15(16)18(25-26)24-19(27)17-6-3-11-28-17/h1-11H,12H2,(H,24,25,27). The predicted molar refractivity (Wildman–Crippen MR) is 103 cm³/mol. The van der Waals surface area contributed by atoms with Crippen molar-refractivity contribution in [2.45, 2.75) is 12.7 Å². The van der Waals surface area contributed by atoms with E-state index in [0.29, 0.717) is 16.3 Å². The summed E-state index contributed by atoms with van der Waals surface area (Å²) >= 11 is 1.33. The maximum Gasteiger partial charge on any atom is 0.416 e. The number of para-hydroxylation sites is 1. The van der Waals surface area contributed by atoms with Gasteiger partial charge in [-0.3, -0.25) is 9.48 Å². The van der Waals surface area contributed by atoms with Crippen molar-refractivity contribution in [1.29, 1.82) is 0 Å². The zero-order valence-electron chi connectivity index (χ0n) is 14.4. The Bertz CT molecular complexity index is 1120. The molecule has 2 aromatic carbocycles. The van der Waals surface area contributed by atoms with Gasteiger partial charge in [0.2, 0.25) is 0 Å². The number of hydrogen-bond acceptors (Lipinski definition) is 3. The van der Waals surface area contributed by atoms with Crippen LogP contribution in [0, 0.1) is 0 Å². The molecule has 0 radical (unpaired) electrons. The van der Waals surface area contributed by atoms with Gasteiger partial charge in [-0.1, -0.05) is 30.3 Å². The number of carbonyl (C=O) groups excluding carboxylic acids is 1. The van der Waals surface area contributed by atoms with Gasteiger partial charge in [0.25, 0.3) is 5.91 Å². The molecule has 28 heavy (non-hydrogen) atoms. The number of carbonyl (C=O) groups is 1. The highest BCUT2D eigenvalue weighted by molar-refractivity contribution is 7.12. The van der Waals surface area contributed by atoms with Gasteiger partial charge in [-0.25, -0.2) is 0 Å². The van der Waals surface area contributed by atoms with E-state index in [0.717, 1.165) is 23.0 Å². The number of nitrogens with zero attached hydrogens (tertiary/aromatic N) is 2. The highest BCUT2D eigenvalue weighted by Crippen LogP contribution is 2.30. The Kier molecular flexibility index (Phi) is 4.64. The summed E-state index contributed by atoms with van der Waals surface area (Å²) in [4.78, 5) is 12.9. The van der Waals surface area contributed by atoms with Crippen LogP contribution in [0.2, 0.25) is 0 Å². The number of thiophene rings is 1. The fraction of sp³-hybridized carbons (Fsp3) is 0.100. The molecule has 8 heteroatoms. The number of hydrogen-bond donors (Lipinski definition) is 1. The molecule has 0 aliphatic rings. The Labute approximate surface area is 162 Å². The molecule has 0 saturated heterocycles. The van der Waals surface area contributed by atoms with Gasteiger partial charge in [-0.05, 0) is 41.3 Å². The van der Waals surface area contributed by atoms with E-state index in [4.69, 9.17) is 0 Å². The third-order valence-corrected chi connectivity index (χ3v) is 5.12. The van der Waals surface area contributed by atoms with Crippen molar-refractivity contribution in [2.24, 2.45) is 0 Å². The van der Waals surface area contributed by atoms with E-state index >= 15 is 0 Å². The molecule has 2 aromatic heterocycles. The molecule has 0 atom stereocenters. The lowest BCUT2D eigenvalue weighted by Gasteiger charge is -2.08. The van der Waals surface area contributed by atoms with Crippen molar-refractivity contribution < 1.29 is 18.0 Å². The third-order valence-electron chi connectivity index (χ3n) is 4.25. The van der Waals surface area contributed by atoms with Crippen LogP contribution >= 0.6 is 11.3 Å². The topological polar surface area (TPSA) is 46.9 Å². The van der Waals surface area contributed by atoms with Crippen molar-refractivity contribution in [3.63, 3.8) is 0 Å². The number of nitrogens with one attached hydrogen (secondary N) is 1. The van der Waals surface area contributed by atoms with Crippen molar-refractivity contribution in [2.75, 3.05) is 5.32 Å². The van der Waals surface area contributed by atoms with Gasteiger partial charge in [0.15, 0.2) is 5.82 Å². The summed E-state index contributed by atoms with van der Waals surface area (Å²) in [5.41, 5.74) is 0.770. The van der Waals surface area contributed by atoms with Gasteiger partial charge in [-0.2, -0.15) is 18.3 Å². The smallest absolute Gasteiger partial charge is 0.304 e. The van der Waals surface area contributed by atoms with Crippen molar-refractivity contribution >= 4 is 34.0 Å². The number of amides is 1. The summed E-state index contributed by atoms with van der Waals surface area (Å²) in [6, 6.07) is 15.9. The molecule has 0 aliphatic carbocycles. The first-order valence-electron chi connectivity index (χ1n) is 8.38. The molecule has 2 heterocycles. The molecule has 0 aliphatic heterocycles. The minimum atomic E-state index is -4.36. The summed E-state index contributed by atoms with van der Waals surface area (Å²) in [7, 11) is 0. The normalized spacial score (nSPS) is 11.7. The fourth-order valence-corrected chi connectivity index (χ4v) is 3.51. The van der Waals surface area contributed by atoms with E-state index < -0.39 is 11.7 Å². The first-order valence-corrected chi connectivity index (χ1v) is 9.26. The van der Waals surface area contributed by atoms with E-state index in [1.165, 1.54) is 23.5 Å². The summed E-state index contributed by atoms with van der Waals surface area (Å²) < 4.78 is 39.9. The van der Waals surface area contributed by atoms with E-state index in [1.807, 2.05) is 29.6 Å². The highest BCUT2D eigenvalue weighted by Gasteiger charge is 2.29. The second kappa shape index (κ2) is 7.12.